The number of rotatable bonds is 3. The highest BCUT2D eigenvalue weighted by Gasteiger charge is 2.26. The standard InChI is InChI=1S/C4H8F3NO2S/c1-11(9,10)3-8-2-4(5,6)7/h8H,2-3H2,1H3. The van der Waals surface area contributed by atoms with Gasteiger partial charge in [0.05, 0.1) is 12.4 Å². The smallest absolute Gasteiger partial charge is 0.295 e. The van der Waals surface area contributed by atoms with E-state index in [0.29, 0.717) is 0 Å². The highest BCUT2D eigenvalue weighted by Crippen LogP contribution is 2.11. The molecule has 0 unspecified atom stereocenters. The molecule has 0 bridgehead atoms. The van der Waals surface area contributed by atoms with E-state index in [1.165, 1.54) is 0 Å². The van der Waals surface area contributed by atoms with Gasteiger partial charge in [0.2, 0.25) is 0 Å². The summed E-state index contributed by atoms with van der Waals surface area (Å²) in [6.45, 7) is -1.28. The lowest BCUT2D eigenvalue weighted by Gasteiger charge is -2.06. The number of alkyl halides is 3. The van der Waals surface area contributed by atoms with Gasteiger partial charge in [0.1, 0.15) is 0 Å². The Morgan fingerprint density at radius 3 is 2.09 bits per heavy atom. The van der Waals surface area contributed by atoms with Gasteiger partial charge in [-0.15, -0.1) is 0 Å². The highest BCUT2D eigenvalue weighted by atomic mass is 32.2. The fraction of sp³-hybridized carbons (Fsp3) is 1.00. The maximum Gasteiger partial charge on any atom is 0.401 e. The van der Waals surface area contributed by atoms with Crippen molar-refractivity contribution in [3.63, 3.8) is 0 Å². The number of hydrogen-bond donors (Lipinski definition) is 1. The number of hydrogen-bond acceptors (Lipinski definition) is 3. The fourth-order valence-electron chi connectivity index (χ4n) is 0.378. The topological polar surface area (TPSA) is 46.2 Å². The lowest BCUT2D eigenvalue weighted by molar-refractivity contribution is -0.123. The Hall–Kier alpha value is -0.300. The first-order chi connectivity index (χ1) is 4.71. The van der Waals surface area contributed by atoms with Crippen LogP contribution in [0.25, 0.3) is 0 Å². The summed E-state index contributed by atoms with van der Waals surface area (Å²) in [7, 11) is -3.36. The van der Waals surface area contributed by atoms with Crippen LogP contribution < -0.4 is 5.32 Å². The van der Waals surface area contributed by atoms with Gasteiger partial charge in [0.25, 0.3) is 0 Å². The van der Waals surface area contributed by atoms with E-state index in [1.807, 2.05) is 0 Å². The average molecular weight is 191 g/mol. The molecule has 0 rings (SSSR count). The predicted molar refractivity (Wildman–Crippen MR) is 33.8 cm³/mol. The monoisotopic (exact) mass is 191 g/mol. The van der Waals surface area contributed by atoms with Crippen LogP contribution in [0.15, 0.2) is 0 Å². The van der Waals surface area contributed by atoms with Crippen molar-refractivity contribution < 1.29 is 21.6 Å². The van der Waals surface area contributed by atoms with E-state index in [9.17, 15) is 21.6 Å². The van der Waals surface area contributed by atoms with Crippen molar-refractivity contribution in [2.45, 2.75) is 6.18 Å². The molecule has 0 aliphatic rings. The second kappa shape index (κ2) is 3.40. The molecule has 0 saturated heterocycles. The minimum absolute atomic E-state index is 0.646. The number of sulfone groups is 1. The molecular formula is C4H8F3NO2S. The third kappa shape index (κ3) is 9.70. The maximum absolute atomic E-state index is 11.4. The largest absolute Gasteiger partial charge is 0.401 e. The average Bonchev–Trinajstić information content (AvgIpc) is 1.55. The molecule has 0 amide bonds. The lowest BCUT2D eigenvalue weighted by atomic mass is 10.6. The van der Waals surface area contributed by atoms with E-state index in [0.717, 1.165) is 6.26 Å². The molecule has 1 N–H and O–H groups in total. The first kappa shape index (κ1) is 10.7. The van der Waals surface area contributed by atoms with Crippen LogP contribution in [0.2, 0.25) is 0 Å². The van der Waals surface area contributed by atoms with Gasteiger partial charge in [-0.05, 0) is 0 Å². The third-order valence-electron chi connectivity index (χ3n) is 0.690. The third-order valence-corrected chi connectivity index (χ3v) is 1.42. The zero-order valence-corrected chi connectivity index (χ0v) is 6.59. The molecule has 0 aromatic rings. The number of halogens is 3. The van der Waals surface area contributed by atoms with E-state index >= 15 is 0 Å². The molecule has 0 fully saturated rings. The van der Waals surface area contributed by atoms with Crippen LogP contribution in [0.1, 0.15) is 0 Å². The molecular weight excluding hydrogens is 183 g/mol. The van der Waals surface area contributed by atoms with Gasteiger partial charge in [0.15, 0.2) is 9.84 Å². The molecule has 0 radical (unpaired) electrons. The van der Waals surface area contributed by atoms with E-state index in [-0.39, 0.29) is 0 Å². The van der Waals surface area contributed by atoms with Crippen molar-refractivity contribution in [2.75, 3.05) is 18.7 Å². The summed E-state index contributed by atoms with van der Waals surface area (Å²) in [6, 6.07) is 0. The zero-order valence-electron chi connectivity index (χ0n) is 5.77. The SMILES string of the molecule is CS(=O)(=O)CNCC(F)(F)F. The molecule has 7 heteroatoms. The normalized spacial score (nSPS) is 13.5. The van der Waals surface area contributed by atoms with E-state index in [1.54, 1.807) is 5.32 Å². The van der Waals surface area contributed by atoms with Gasteiger partial charge < -0.3 is 0 Å². The Balaban J connectivity index is 3.61. The molecule has 0 aliphatic carbocycles. The van der Waals surface area contributed by atoms with E-state index in [2.05, 4.69) is 0 Å². The minimum Gasteiger partial charge on any atom is -0.295 e. The Bertz CT molecular complexity index is 208. The van der Waals surface area contributed by atoms with Crippen LogP contribution in [-0.4, -0.2) is 33.3 Å². The van der Waals surface area contributed by atoms with Crippen molar-refractivity contribution in [1.29, 1.82) is 0 Å². The van der Waals surface area contributed by atoms with Gasteiger partial charge in [-0.3, -0.25) is 5.32 Å². The second-order valence-electron chi connectivity index (χ2n) is 2.11. The molecule has 0 saturated carbocycles. The van der Waals surface area contributed by atoms with Crippen LogP contribution >= 0.6 is 0 Å². The van der Waals surface area contributed by atoms with Gasteiger partial charge in [0, 0.05) is 6.26 Å². The Morgan fingerprint density at radius 2 is 1.82 bits per heavy atom. The molecule has 3 nitrogen and oxygen atoms in total. The fourth-order valence-corrected chi connectivity index (χ4v) is 0.851. The zero-order chi connectivity index (χ0) is 9.12. The second-order valence-corrected chi connectivity index (χ2v) is 4.25. The first-order valence-electron chi connectivity index (χ1n) is 2.66. The molecule has 0 heterocycles. The number of nitrogens with one attached hydrogen (secondary N) is 1. The van der Waals surface area contributed by atoms with Crippen LogP contribution in [-0.2, 0) is 9.84 Å². The van der Waals surface area contributed by atoms with Crippen LogP contribution in [0.4, 0.5) is 13.2 Å². The van der Waals surface area contributed by atoms with Crippen molar-refractivity contribution in [3.05, 3.63) is 0 Å². The molecule has 0 aliphatic heterocycles. The molecule has 68 valence electrons. The lowest BCUT2D eigenvalue weighted by Crippen LogP contribution is -2.32. The summed E-state index contributed by atoms with van der Waals surface area (Å²) < 4.78 is 54.7. The van der Waals surface area contributed by atoms with E-state index in [4.69, 9.17) is 0 Å². The Morgan fingerprint density at radius 1 is 1.36 bits per heavy atom. The minimum atomic E-state index is -4.36. The van der Waals surface area contributed by atoms with E-state index < -0.39 is 28.4 Å². The first-order valence-corrected chi connectivity index (χ1v) is 4.72. The van der Waals surface area contributed by atoms with Crippen LogP contribution in [0.3, 0.4) is 0 Å². The highest BCUT2D eigenvalue weighted by molar-refractivity contribution is 7.90. The van der Waals surface area contributed by atoms with Crippen molar-refractivity contribution in [3.8, 4) is 0 Å². The molecule has 0 spiro atoms. The Kier molecular flexibility index (Phi) is 3.30. The summed E-state index contributed by atoms with van der Waals surface area (Å²) >= 11 is 0. The van der Waals surface area contributed by atoms with Gasteiger partial charge in [-0.1, -0.05) is 0 Å². The Labute approximate surface area is 62.5 Å². The molecule has 0 atom stereocenters. The molecule has 0 aromatic heterocycles. The van der Waals surface area contributed by atoms with Crippen molar-refractivity contribution >= 4 is 9.84 Å². The summed E-state index contributed by atoms with van der Waals surface area (Å²) in [4.78, 5) is 0. The summed E-state index contributed by atoms with van der Waals surface area (Å²) in [5.41, 5.74) is 0. The summed E-state index contributed by atoms with van der Waals surface area (Å²) in [5.74, 6) is -0.646. The van der Waals surface area contributed by atoms with Gasteiger partial charge in [-0.25, -0.2) is 8.42 Å². The van der Waals surface area contributed by atoms with Crippen LogP contribution in [0, 0.1) is 0 Å². The quantitative estimate of drug-likeness (QED) is 0.690. The summed E-state index contributed by atoms with van der Waals surface area (Å²) in [5, 5.41) is 1.75. The summed E-state index contributed by atoms with van der Waals surface area (Å²) in [6.07, 6.45) is -3.50. The molecule has 0 aromatic carbocycles. The molecule has 11 heavy (non-hydrogen) atoms. The van der Waals surface area contributed by atoms with Crippen LogP contribution in [0.5, 0.6) is 0 Å². The van der Waals surface area contributed by atoms with Gasteiger partial charge >= 0.3 is 6.18 Å². The maximum atomic E-state index is 11.4. The van der Waals surface area contributed by atoms with Crippen molar-refractivity contribution in [2.24, 2.45) is 0 Å². The van der Waals surface area contributed by atoms with Crippen molar-refractivity contribution in [1.82, 2.24) is 5.32 Å². The van der Waals surface area contributed by atoms with Gasteiger partial charge in [-0.2, -0.15) is 13.2 Å². The predicted octanol–water partition coefficient (Wildman–Crippen LogP) is 0.140.